The molecule has 0 unspecified atom stereocenters. The van der Waals surface area contributed by atoms with E-state index in [1.807, 2.05) is 38.1 Å². The number of aromatic nitrogens is 1. The Morgan fingerprint density at radius 3 is 2.37 bits per heavy atom. The van der Waals surface area contributed by atoms with Crippen molar-refractivity contribution >= 4 is 28.5 Å². The number of ether oxygens (including phenoxy) is 2. The van der Waals surface area contributed by atoms with E-state index >= 15 is 0 Å². The summed E-state index contributed by atoms with van der Waals surface area (Å²) in [5, 5.41) is 0.681. The molecule has 2 aliphatic heterocycles. The van der Waals surface area contributed by atoms with Gasteiger partial charge >= 0.3 is 0 Å². The van der Waals surface area contributed by atoms with Gasteiger partial charge in [-0.2, -0.15) is 0 Å². The average molecular weight is 413 g/mol. The van der Waals surface area contributed by atoms with Crippen molar-refractivity contribution in [1.29, 1.82) is 0 Å². The van der Waals surface area contributed by atoms with Gasteiger partial charge in [0.15, 0.2) is 0 Å². The molecule has 0 N–H and O–H groups in total. The van der Waals surface area contributed by atoms with Gasteiger partial charge in [-0.25, -0.2) is 0 Å². The largest absolute Gasteiger partial charge is 0.378 e. The number of ketones is 1. The second-order valence-corrected chi connectivity index (χ2v) is 7.98. The Balaban J connectivity index is 1.59. The van der Waals surface area contributed by atoms with Crippen LogP contribution in [0.4, 0.5) is 0 Å². The maximum Gasteiger partial charge on any atom is 0.295 e. The number of morpholine rings is 2. The first kappa shape index (κ1) is 20.6. The molecule has 0 radical (unpaired) electrons. The highest BCUT2D eigenvalue weighted by molar-refractivity contribution is 6.44. The highest BCUT2D eigenvalue weighted by Gasteiger charge is 2.32. The minimum absolute atomic E-state index is 0.0276. The van der Waals surface area contributed by atoms with E-state index in [0.29, 0.717) is 50.3 Å². The first-order valence-electron chi connectivity index (χ1n) is 10.4. The molecule has 2 aromatic rings. The van der Waals surface area contributed by atoms with Gasteiger partial charge in [0.1, 0.15) is 6.54 Å². The van der Waals surface area contributed by atoms with Crippen LogP contribution in [0.1, 0.15) is 24.2 Å². The maximum absolute atomic E-state index is 13.1. The van der Waals surface area contributed by atoms with Crippen LogP contribution in [0.5, 0.6) is 0 Å². The van der Waals surface area contributed by atoms with Crippen LogP contribution >= 0.6 is 0 Å². The van der Waals surface area contributed by atoms with Crippen molar-refractivity contribution < 1.29 is 23.9 Å². The minimum atomic E-state index is -0.551. The van der Waals surface area contributed by atoms with Crippen LogP contribution < -0.4 is 0 Å². The van der Waals surface area contributed by atoms with E-state index in [1.54, 1.807) is 20.6 Å². The van der Waals surface area contributed by atoms with Crippen LogP contribution in [-0.4, -0.2) is 83.6 Å². The van der Waals surface area contributed by atoms with Gasteiger partial charge < -0.3 is 23.8 Å². The number of amides is 2. The molecular formula is C22H27N3O5. The van der Waals surface area contributed by atoms with Crippen molar-refractivity contribution in [3.8, 4) is 0 Å². The number of carbonyl (C=O) groups excluding carboxylic acids is 3. The first-order valence-corrected chi connectivity index (χ1v) is 10.4. The standard InChI is InChI=1S/C22H27N3O5/c1-15-11-25(12-16(2)30-15)22(28)21(27)18-13-24(19-6-4-3-5-17(18)19)14-20(26)23-7-9-29-10-8-23/h3-6,13,15-16H,7-12,14H2,1-2H3/t15-,16-/m1/s1. The third kappa shape index (κ3) is 4.11. The fourth-order valence-electron chi connectivity index (χ4n) is 4.22. The summed E-state index contributed by atoms with van der Waals surface area (Å²) in [4.78, 5) is 42.1. The molecule has 2 aliphatic rings. The number of hydrogen-bond donors (Lipinski definition) is 0. The maximum atomic E-state index is 13.1. The van der Waals surface area contributed by atoms with Gasteiger partial charge in [0.05, 0.1) is 31.0 Å². The van der Waals surface area contributed by atoms with Crippen LogP contribution in [0, 0.1) is 0 Å². The monoisotopic (exact) mass is 413 g/mol. The Labute approximate surface area is 175 Å². The van der Waals surface area contributed by atoms with Crippen LogP contribution in [0.15, 0.2) is 30.5 Å². The molecule has 2 atom stereocenters. The summed E-state index contributed by atoms with van der Waals surface area (Å²) in [6, 6.07) is 7.37. The van der Waals surface area contributed by atoms with Crippen molar-refractivity contribution in [3.63, 3.8) is 0 Å². The van der Waals surface area contributed by atoms with Crippen LogP contribution in [0.25, 0.3) is 10.9 Å². The van der Waals surface area contributed by atoms with Crippen molar-refractivity contribution in [2.75, 3.05) is 39.4 Å². The van der Waals surface area contributed by atoms with Crippen molar-refractivity contribution in [2.24, 2.45) is 0 Å². The predicted octanol–water partition coefficient (Wildman–Crippen LogP) is 1.32. The molecule has 0 spiro atoms. The highest BCUT2D eigenvalue weighted by atomic mass is 16.5. The first-order chi connectivity index (χ1) is 14.4. The SMILES string of the molecule is C[C@@H]1CN(C(=O)C(=O)c2cn(CC(=O)N3CCOCC3)c3ccccc23)C[C@@H](C)O1. The quantitative estimate of drug-likeness (QED) is 0.558. The summed E-state index contributed by atoms with van der Waals surface area (Å²) in [5.41, 5.74) is 1.09. The molecule has 0 saturated carbocycles. The summed E-state index contributed by atoms with van der Waals surface area (Å²) < 4.78 is 12.7. The van der Waals surface area contributed by atoms with E-state index in [0.717, 1.165) is 5.52 Å². The number of benzene rings is 1. The number of nitrogens with zero attached hydrogens (tertiary/aromatic N) is 3. The summed E-state index contributed by atoms with van der Waals surface area (Å²) in [7, 11) is 0. The zero-order valence-corrected chi connectivity index (χ0v) is 17.4. The fourth-order valence-corrected chi connectivity index (χ4v) is 4.22. The lowest BCUT2D eigenvalue weighted by atomic mass is 10.1. The zero-order valence-electron chi connectivity index (χ0n) is 17.4. The van der Waals surface area contributed by atoms with E-state index in [-0.39, 0.29) is 24.7 Å². The van der Waals surface area contributed by atoms with E-state index < -0.39 is 11.7 Å². The number of rotatable bonds is 4. The Bertz CT molecular complexity index is 953. The molecule has 8 nitrogen and oxygen atoms in total. The summed E-state index contributed by atoms with van der Waals surface area (Å²) >= 11 is 0. The average Bonchev–Trinajstić information content (AvgIpc) is 3.11. The predicted molar refractivity (Wildman–Crippen MR) is 110 cm³/mol. The van der Waals surface area contributed by atoms with Gasteiger partial charge in [-0.1, -0.05) is 18.2 Å². The Morgan fingerprint density at radius 1 is 1.00 bits per heavy atom. The molecule has 3 heterocycles. The van der Waals surface area contributed by atoms with Crippen LogP contribution in [0.3, 0.4) is 0 Å². The third-order valence-electron chi connectivity index (χ3n) is 5.60. The van der Waals surface area contributed by atoms with Gasteiger partial charge in [-0.05, 0) is 19.9 Å². The van der Waals surface area contributed by atoms with Gasteiger partial charge in [-0.15, -0.1) is 0 Å². The van der Waals surface area contributed by atoms with Crippen molar-refractivity contribution in [1.82, 2.24) is 14.4 Å². The summed E-state index contributed by atoms with van der Waals surface area (Å²) in [6.45, 7) is 6.89. The number of carbonyl (C=O) groups is 3. The zero-order chi connectivity index (χ0) is 21.3. The molecule has 1 aromatic heterocycles. The Hall–Kier alpha value is -2.71. The normalized spacial score (nSPS) is 22.3. The molecule has 2 amide bonds. The lowest BCUT2D eigenvalue weighted by molar-refractivity contribution is -0.138. The van der Waals surface area contributed by atoms with Crippen molar-refractivity contribution in [2.45, 2.75) is 32.6 Å². The van der Waals surface area contributed by atoms with Crippen molar-refractivity contribution in [3.05, 3.63) is 36.0 Å². The molecule has 2 saturated heterocycles. The van der Waals surface area contributed by atoms with E-state index in [1.165, 1.54) is 0 Å². The van der Waals surface area contributed by atoms with Crippen LogP contribution in [-0.2, 0) is 25.6 Å². The van der Waals surface area contributed by atoms with Gasteiger partial charge in [-0.3, -0.25) is 14.4 Å². The molecular weight excluding hydrogens is 386 g/mol. The molecule has 160 valence electrons. The fraction of sp³-hybridized carbons (Fsp3) is 0.500. The summed E-state index contributed by atoms with van der Waals surface area (Å²) in [6.07, 6.45) is 1.41. The highest BCUT2D eigenvalue weighted by Crippen LogP contribution is 2.23. The third-order valence-corrected chi connectivity index (χ3v) is 5.60. The Morgan fingerprint density at radius 2 is 1.67 bits per heavy atom. The topological polar surface area (TPSA) is 81.1 Å². The number of hydrogen-bond acceptors (Lipinski definition) is 5. The second kappa shape index (κ2) is 8.57. The molecule has 30 heavy (non-hydrogen) atoms. The lowest BCUT2D eigenvalue weighted by Gasteiger charge is -2.34. The van der Waals surface area contributed by atoms with Gasteiger partial charge in [0, 0.05) is 43.3 Å². The molecule has 4 rings (SSSR count). The molecule has 0 aliphatic carbocycles. The molecule has 0 bridgehead atoms. The van der Waals surface area contributed by atoms with E-state index in [4.69, 9.17) is 9.47 Å². The lowest BCUT2D eigenvalue weighted by Crippen LogP contribution is -2.50. The smallest absolute Gasteiger partial charge is 0.295 e. The minimum Gasteiger partial charge on any atom is -0.378 e. The number of para-hydroxylation sites is 1. The number of Topliss-reactive ketones (excluding diaryl/α,β-unsaturated/α-hetero) is 1. The molecule has 8 heteroatoms. The Kier molecular flexibility index (Phi) is 5.87. The van der Waals surface area contributed by atoms with Gasteiger partial charge in [0.2, 0.25) is 5.91 Å². The number of fused-ring (bicyclic) bond motifs is 1. The van der Waals surface area contributed by atoms with E-state index in [2.05, 4.69) is 0 Å². The molecule has 2 fully saturated rings. The van der Waals surface area contributed by atoms with E-state index in [9.17, 15) is 14.4 Å². The molecule has 1 aromatic carbocycles. The summed E-state index contributed by atoms with van der Waals surface area (Å²) in [5.74, 6) is -1.11. The second-order valence-electron chi connectivity index (χ2n) is 7.98. The van der Waals surface area contributed by atoms with Crippen LogP contribution in [0.2, 0.25) is 0 Å². The van der Waals surface area contributed by atoms with Gasteiger partial charge in [0.25, 0.3) is 11.7 Å².